The van der Waals surface area contributed by atoms with Gasteiger partial charge in [-0.3, -0.25) is 10.1 Å². The standard InChI is InChI=1S/C7H13NO3/c9-4-5-2-1-3-6(8-5)7(10)11/h5-6,8-9H,1-4H2,(H,10,11)/t5-,6-/m1/s1. The van der Waals surface area contributed by atoms with Crippen LogP contribution >= 0.6 is 0 Å². The fraction of sp³-hybridized carbons (Fsp3) is 0.857. The summed E-state index contributed by atoms with van der Waals surface area (Å²) in [5.74, 6) is -0.817. The van der Waals surface area contributed by atoms with Crippen molar-refractivity contribution in [2.75, 3.05) is 6.61 Å². The van der Waals surface area contributed by atoms with Crippen LogP contribution in [-0.4, -0.2) is 34.9 Å². The van der Waals surface area contributed by atoms with Gasteiger partial charge in [-0.05, 0) is 19.3 Å². The first-order valence-corrected chi connectivity index (χ1v) is 3.83. The van der Waals surface area contributed by atoms with Crippen LogP contribution in [-0.2, 0) is 4.79 Å². The average molecular weight is 159 g/mol. The minimum absolute atomic E-state index is 0.0233. The molecule has 0 aromatic rings. The summed E-state index contributed by atoms with van der Waals surface area (Å²) in [4.78, 5) is 10.5. The van der Waals surface area contributed by atoms with E-state index in [1.807, 2.05) is 0 Å². The second kappa shape index (κ2) is 3.69. The fourth-order valence-corrected chi connectivity index (χ4v) is 1.36. The minimum atomic E-state index is -0.817. The molecule has 0 radical (unpaired) electrons. The number of piperidine rings is 1. The van der Waals surface area contributed by atoms with Crippen molar-refractivity contribution in [2.24, 2.45) is 0 Å². The number of hydrogen-bond acceptors (Lipinski definition) is 3. The highest BCUT2D eigenvalue weighted by Crippen LogP contribution is 2.12. The van der Waals surface area contributed by atoms with Crippen molar-refractivity contribution >= 4 is 5.97 Å². The zero-order chi connectivity index (χ0) is 8.27. The number of nitrogens with one attached hydrogen (secondary N) is 1. The van der Waals surface area contributed by atoms with Crippen molar-refractivity contribution in [1.29, 1.82) is 0 Å². The zero-order valence-corrected chi connectivity index (χ0v) is 6.29. The lowest BCUT2D eigenvalue weighted by molar-refractivity contribution is -0.140. The van der Waals surface area contributed by atoms with Crippen LogP contribution in [0.1, 0.15) is 19.3 Å². The molecule has 1 heterocycles. The molecule has 1 fully saturated rings. The van der Waals surface area contributed by atoms with Crippen LogP contribution in [0.4, 0.5) is 0 Å². The largest absolute Gasteiger partial charge is 0.480 e. The summed E-state index contributed by atoms with van der Waals surface area (Å²) < 4.78 is 0. The van der Waals surface area contributed by atoms with E-state index >= 15 is 0 Å². The number of carboxylic acid groups (broad SMARTS) is 1. The van der Waals surface area contributed by atoms with Gasteiger partial charge in [0.1, 0.15) is 6.04 Å². The van der Waals surface area contributed by atoms with Crippen molar-refractivity contribution in [3.8, 4) is 0 Å². The summed E-state index contributed by atoms with van der Waals surface area (Å²) in [6, 6.07) is -0.481. The molecule has 64 valence electrons. The third-order valence-electron chi connectivity index (χ3n) is 2.00. The number of rotatable bonds is 2. The van der Waals surface area contributed by atoms with E-state index in [0.717, 1.165) is 12.8 Å². The van der Waals surface area contributed by atoms with Gasteiger partial charge in [0, 0.05) is 6.04 Å². The zero-order valence-electron chi connectivity index (χ0n) is 6.29. The highest BCUT2D eigenvalue weighted by Gasteiger charge is 2.24. The number of carbonyl (C=O) groups is 1. The molecule has 1 rings (SSSR count). The predicted octanol–water partition coefficient (Wildman–Crippen LogP) is -0.426. The van der Waals surface area contributed by atoms with Crippen LogP contribution in [0.3, 0.4) is 0 Å². The molecule has 0 aliphatic carbocycles. The summed E-state index contributed by atoms with van der Waals surface area (Å²) in [5.41, 5.74) is 0. The van der Waals surface area contributed by atoms with Gasteiger partial charge in [0.05, 0.1) is 6.61 Å². The summed E-state index contributed by atoms with van der Waals surface area (Å²) in [6.45, 7) is 0.0315. The first-order valence-electron chi connectivity index (χ1n) is 3.83. The lowest BCUT2D eigenvalue weighted by Crippen LogP contribution is -2.48. The van der Waals surface area contributed by atoms with Gasteiger partial charge in [-0.1, -0.05) is 0 Å². The Morgan fingerprint density at radius 3 is 2.82 bits per heavy atom. The molecule has 0 aromatic heterocycles. The molecule has 11 heavy (non-hydrogen) atoms. The van der Waals surface area contributed by atoms with E-state index in [1.54, 1.807) is 0 Å². The number of aliphatic carboxylic acids is 1. The molecule has 0 spiro atoms. The maximum Gasteiger partial charge on any atom is 0.320 e. The summed E-state index contributed by atoms with van der Waals surface area (Å²) in [5, 5.41) is 20.2. The number of carboxylic acids is 1. The number of aliphatic hydroxyl groups is 1. The first-order chi connectivity index (χ1) is 5.24. The second-order valence-electron chi connectivity index (χ2n) is 2.87. The Balaban J connectivity index is 2.39. The van der Waals surface area contributed by atoms with Crippen molar-refractivity contribution in [1.82, 2.24) is 5.32 Å². The molecule has 1 aliphatic rings. The summed E-state index contributed by atoms with van der Waals surface area (Å²) >= 11 is 0. The van der Waals surface area contributed by atoms with Gasteiger partial charge >= 0.3 is 5.97 Å². The van der Waals surface area contributed by atoms with Crippen molar-refractivity contribution in [2.45, 2.75) is 31.3 Å². The van der Waals surface area contributed by atoms with Crippen LogP contribution in [0.15, 0.2) is 0 Å². The van der Waals surface area contributed by atoms with Gasteiger partial charge in [0.15, 0.2) is 0 Å². The molecular formula is C7H13NO3. The Morgan fingerprint density at radius 1 is 1.55 bits per heavy atom. The van der Waals surface area contributed by atoms with Crippen LogP contribution in [0, 0.1) is 0 Å². The van der Waals surface area contributed by atoms with E-state index in [2.05, 4.69) is 5.32 Å². The van der Waals surface area contributed by atoms with Crippen molar-refractivity contribution < 1.29 is 15.0 Å². The fourth-order valence-electron chi connectivity index (χ4n) is 1.36. The molecular weight excluding hydrogens is 146 g/mol. The second-order valence-corrected chi connectivity index (χ2v) is 2.87. The Hall–Kier alpha value is -0.610. The quantitative estimate of drug-likeness (QED) is 0.511. The van der Waals surface area contributed by atoms with E-state index in [4.69, 9.17) is 10.2 Å². The van der Waals surface area contributed by atoms with Crippen LogP contribution in [0.5, 0.6) is 0 Å². The molecule has 3 N–H and O–H groups in total. The molecule has 0 unspecified atom stereocenters. The molecule has 4 heteroatoms. The smallest absolute Gasteiger partial charge is 0.320 e. The lowest BCUT2D eigenvalue weighted by atomic mass is 9.99. The van der Waals surface area contributed by atoms with Gasteiger partial charge in [0.2, 0.25) is 0 Å². The number of hydrogen-bond donors (Lipinski definition) is 3. The van der Waals surface area contributed by atoms with E-state index in [0.29, 0.717) is 6.42 Å². The minimum Gasteiger partial charge on any atom is -0.480 e. The highest BCUT2D eigenvalue weighted by molar-refractivity contribution is 5.73. The van der Waals surface area contributed by atoms with Gasteiger partial charge in [-0.15, -0.1) is 0 Å². The average Bonchev–Trinajstić information content (AvgIpc) is 2.05. The lowest BCUT2D eigenvalue weighted by Gasteiger charge is -2.26. The third kappa shape index (κ3) is 2.17. The molecule has 0 bridgehead atoms. The summed E-state index contributed by atoms with van der Waals surface area (Å²) in [6.07, 6.45) is 2.43. The molecule has 1 saturated heterocycles. The Morgan fingerprint density at radius 2 is 2.27 bits per heavy atom. The molecule has 1 aliphatic heterocycles. The predicted molar refractivity (Wildman–Crippen MR) is 39.3 cm³/mol. The Bertz CT molecular complexity index is 149. The van der Waals surface area contributed by atoms with Gasteiger partial charge < -0.3 is 10.2 Å². The van der Waals surface area contributed by atoms with Gasteiger partial charge in [-0.2, -0.15) is 0 Å². The van der Waals surface area contributed by atoms with E-state index < -0.39 is 12.0 Å². The Labute approximate surface area is 65.2 Å². The molecule has 4 nitrogen and oxygen atoms in total. The van der Waals surface area contributed by atoms with Crippen molar-refractivity contribution in [3.05, 3.63) is 0 Å². The maximum absolute atomic E-state index is 10.5. The molecule has 0 amide bonds. The first kappa shape index (κ1) is 8.49. The monoisotopic (exact) mass is 159 g/mol. The van der Waals surface area contributed by atoms with E-state index in [1.165, 1.54) is 0 Å². The van der Waals surface area contributed by atoms with Crippen LogP contribution in [0.2, 0.25) is 0 Å². The topological polar surface area (TPSA) is 69.6 Å². The summed E-state index contributed by atoms with van der Waals surface area (Å²) in [7, 11) is 0. The molecule has 0 aromatic carbocycles. The molecule has 2 atom stereocenters. The van der Waals surface area contributed by atoms with Crippen molar-refractivity contribution in [3.63, 3.8) is 0 Å². The van der Waals surface area contributed by atoms with E-state index in [-0.39, 0.29) is 12.6 Å². The maximum atomic E-state index is 10.5. The van der Waals surface area contributed by atoms with Crippen LogP contribution < -0.4 is 5.32 Å². The molecule has 0 saturated carbocycles. The highest BCUT2D eigenvalue weighted by atomic mass is 16.4. The normalized spacial score (nSPS) is 31.7. The SMILES string of the molecule is O=C(O)[C@H]1CCC[C@H](CO)N1. The third-order valence-corrected chi connectivity index (χ3v) is 2.00. The van der Waals surface area contributed by atoms with E-state index in [9.17, 15) is 4.79 Å². The Kier molecular flexibility index (Phi) is 2.84. The van der Waals surface area contributed by atoms with Gasteiger partial charge in [0.25, 0.3) is 0 Å². The van der Waals surface area contributed by atoms with Gasteiger partial charge in [-0.25, -0.2) is 0 Å². The number of aliphatic hydroxyl groups excluding tert-OH is 1. The van der Waals surface area contributed by atoms with Crippen LogP contribution in [0.25, 0.3) is 0 Å².